The zero-order chi connectivity index (χ0) is 26.8. The molecule has 0 N–H and O–H groups in total. The summed E-state index contributed by atoms with van der Waals surface area (Å²) in [5, 5.41) is 0. The lowest BCUT2D eigenvalue weighted by Crippen LogP contribution is -2.25. The quantitative estimate of drug-likeness (QED) is 0.112. The van der Waals surface area contributed by atoms with E-state index in [1.54, 1.807) is 0 Å². The van der Waals surface area contributed by atoms with Gasteiger partial charge in [0.2, 0.25) is 0 Å². The number of aryl methyl sites for hydroxylation is 1. The number of pyridine rings is 1. The van der Waals surface area contributed by atoms with Gasteiger partial charge in [-0.25, -0.2) is 0 Å². The van der Waals surface area contributed by atoms with Gasteiger partial charge in [-0.3, -0.25) is 9.78 Å². The van der Waals surface area contributed by atoms with Crippen molar-refractivity contribution in [3.8, 4) is 17.0 Å². The predicted molar refractivity (Wildman–Crippen MR) is 160 cm³/mol. The van der Waals surface area contributed by atoms with Gasteiger partial charge in [-0.2, -0.15) is 0 Å². The molecule has 0 saturated heterocycles. The molecule has 1 saturated carbocycles. The molecule has 1 aliphatic carbocycles. The van der Waals surface area contributed by atoms with Crippen LogP contribution in [0.25, 0.3) is 11.3 Å². The Balaban J connectivity index is 1.34. The Morgan fingerprint density at radius 1 is 0.737 bits per heavy atom. The zero-order valence-electron chi connectivity index (χ0n) is 24.4. The fourth-order valence-corrected chi connectivity index (χ4v) is 5.82. The lowest BCUT2D eigenvalue weighted by atomic mass is 9.80. The van der Waals surface area contributed by atoms with Gasteiger partial charge >= 0.3 is 5.97 Å². The normalized spacial score (nSPS) is 17.4. The summed E-state index contributed by atoms with van der Waals surface area (Å²) in [5.41, 5.74) is 3.34. The van der Waals surface area contributed by atoms with E-state index in [1.807, 2.05) is 30.5 Å². The number of hydrogen-bond donors (Lipinski definition) is 0. The van der Waals surface area contributed by atoms with Crippen LogP contribution in [0, 0.1) is 11.8 Å². The molecule has 0 radical (unpaired) electrons. The van der Waals surface area contributed by atoms with Crippen LogP contribution in [0.5, 0.6) is 5.75 Å². The van der Waals surface area contributed by atoms with Crippen molar-refractivity contribution in [1.29, 1.82) is 0 Å². The molecule has 1 fully saturated rings. The third kappa shape index (κ3) is 11.3. The number of ether oxygens (including phenoxy) is 1. The van der Waals surface area contributed by atoms with Crippen LogP contribution >= 0.6 is 0 Å². The highest BCUT2D eigenvalue weighted by Gasteiger charge is 2.27. The molecule has 38 heavy (non-hydrogen) atoms. The number of rotatable bonds is 18. The number of aromatic nitrogens is 1. The molecule has 1 heterocycles. The van der Waals surface area contributed by atoms with E-state index in [0.717, 1.165) is 36.4 Å². The van der Waals surface area contributed by atoms with Gasteiger partial charge in [-0.05, 0) is 80.3 Å². The van der Waals surface area contributed by atoms with E-state index in [1.165, 1.54) is 108 Å². The van der Waals surface area contributed by atoms with E-state index < -0.39 is 0 Å². The van der Waals surface area contributed by atoms with E-state index in [4.69, 9.17) is 9.72 Å². The monoisotopic (exact) mass is 519 g/mol. The predicted octanol–water partition coefficient (Wildman–Crippen LogP) is 10.5. The average Bonchev–Trinajstić information content (AvgIpc) is 2.95. The van der Waals surface area contributed by atoms with Crippen molar-refractivity contribution in [1.82, 2.24) is 4.98 Å². The molecule has 210 valence electrons. The van der Waals surface area contributed by atoms with Crippen molar-refractivity contribution >= 4 is 5.97 Å². The maximum absolute atomic E-state index is 12.8. The van der Waals surface area contributed by atoms with Gasteiger partial charge in [0, 0.05) is 11.8 Å². The second-order valence-corrected chi connectivity index (χ2v) is 11.6. The van der Waals surface area contributed by atoms with Gasteiger partial charge in [-0.1, -0.05) is 103 Å². The molecule has 3 nitrogen and oxygen atoms in total. The topological polar surface area (TPSA) is 39.2 Å². The molecule has 0 atom stereocenters. The molecule has 2 aromatic rings. The molecular weight excluding hydrogens is 466 g/mol. The number of carbonyl (C=O) groups is 1. The standard InChI is InChI=1S/C35H53NO2/c1-3-5-7-9-11-13-15-17-30-20-27-34(36-28-30)31-23-25-33(26-24-31)38-35(37)32-21-18-29(19-22-32)16-14-12-10-8-6-4-2/h20,23-29,32H,3-19,21-22H2,1-2H3/t29-,32-. The van der Waals surface area contributed by atoms with Crippen molar-refractivity contribution < 1.29 is 9.53 Å². The van der Waals surface area contributed by atoms with Crippen molar-refractivity contribution in [3.63, 3.8) is 0 Å². The van der Waals surface area contributed by atoms with Crippen LogP contribution in [0.2, 0.25) is 0 Å². The molecule has 0 unspecified atom stereocenters. The van der Waals surface area contributed by atoms with Gasteiger partial charge in [0.15, 0.2) is 0 Å². The highest BCUT2D eigenvalue weighted by atomic mass is 16.5. The molecule has 3 heteroatoms. The zero-order valence-corrected chi connectivity index (χ0v) is 24.4. The summed E-state index contributed by atoms with van der Waals surface area (Å²) in [6, 6.07) is 12.2. The van der Waals surface area contributed by atoms with Gasteiger partial charge in [0.25, 0.3) is 0 Å². The lowest BCUT2D eigenvalue weighted by Gasteiger charge is -2.27. The van der Waals surface area contributed by atoms with Crippen LogP contribution in [-0.4, -0.2) is 11.0 Å². The third-order valence-electron chi connectivity index (χ3n) is 8.41. The Morgan fingerprint density at radius 3 is 1.95 bits per heavy atom. The number of carbonyl (C=O) groups excluding carboxylic acids is 1. The minimum absolute atomic E-state index is 0.0522. The first-order valence-electron chi connectivity index (χ1n) is 16.0. The van der Waals surface area contributed by atoms with Crippen LogP contribution in [0.4, 0.5) is 0 Å². The maximum atomic E-state index is 12.8. The fourth-order valence-electron chi connectivity index (χ4n) is 5.82. The first-order valence-corrected chi connectivity index (χ1v) is 16.0. The molecule has 3 rings (SSSR count). The minimum atomic E-state index is -0.0522. The van der Waals surface area contributed by atoms with Gasteiger partial charge in [0.1, 0.15) is 5.75 Å². The van der Waals surface area contributed by atoms with E-state index >= 15 is 0 Å². The number of benzene rings is 1. The van der Waals surface area contributed by atoms with Crippen LogP contribution in [0.3, 0.4) is 0 Å². The summed E-state index contributed by atoms with van der Waals surface area (Å²) in [6.45, 7) is 4.54. The molecule has 0 aliphatic heterocycles. The smallest absolute Gasteiger partial charge is 0.314 e. The fraction of sp³-hybridized carbons (Fsp3) is 0.657. The molecular formula is C35H53NO2. The number of esters is 1. The van der Waals surface area contributed by atoms with Crippen molar-refractivity contribution in [2.75, 3.05) is 0 Å². The molecule has 0 bridgehead atoms. The Labute approximate surface area is 233 Å². The first-order chi connectivity index (χ1) is 18.7. The largest absolute Gasteiger partial charge is 0.426 e. The SMILES string of the molecule is CCCCCCCCCc1ccc(-c2ccc(OC(=O)[C@H]3CC[C@H](CCCCCCCC)CC3)cc2)nc1. The molecule has 1 aliphatic rings. The van der Waals surface area contributed by atoms with Gasteiger partial charge in [0.05, 0.1) is 11.6 Å². The Hall–Kier alpha value is -2.16. The average molecular weight is 520 g/mol. The van der Waals surface area contributed by atoms with E-state index in [-0.39, 0.29) is 11.9 Å². The van der Waals surface area contributed by atoms with Crippen LogP contribution in [0.1, 0.15) is 135 Å². The summed E-state index contributed by atoms with van der Waals surface area (Å²) in [7, 11) is 0. The van der Waals surface area contributed by atoms with Gasteiger partial charge < -0.3 is 4.74 Å². The minimum Gasteiger partial charge on any atom is -0.426 e. The molecule has 0 amide bonds. The molecule has 1 aromatic carbocycles. The summed E-state index contributed by atoms with van der Waals surface area (Å²) < 4.78 is 5.76. The summed E-state index contributed by atoms with van der Waals surface area (Å²) in [5.74, 6) is 1.45. The highest BCUT2D eigenvalue weighted by Crippen LogP contribution is 2.33. The van der Waals surface area contributed by atoms with Crippen molar-refractivity contribution in [2.24, 2.45) is 11.8 Å². The highest BCUT2D eigenvalue weighted by molar-refractivity contribution is 5.75. The van der Waals surface area contributed by atoms with E-state index in [9.17, 15) is 4.79 Å². The number of hydrogen-bond acceptors (Lipinski definition) is 3. The second-order valence-electron chi connectivity index (χ2n) is 11.6. The second kappa shape index (κ2) is 18.2. The maximum Gasteiger partial charge on any atom is 0.314 e. The summed E-state index contributed by atoms with van der Waals surface area (Å²) in [4.78, 5) is 17.5. The number of nitrogens with zero attached hydrogens (tertiary/aromatic N) is 1. The Bertz CT molecular complexity index is 881. The van der Waals surface area contributed by atoms with E-state index in [2.05, 4.69) is 26.0 Å². The third-order valence-corrected chi connectivity index (χ3v) is 8.41. The lowest BCUT2D eigenvalue weighted by molar-refractivity contribution is -0.140. The number of unbranched alkanes of at least 4 members (excludes halogenated alkanes) is 11. The van der Waals surface area contributed by atoms with Crippen LogP contribution in [-0.2, 0) is 11.2 Å². The van der Waals surface area contributed by atoms with E-state index in [0.29, 0.717) is 5.75 Å². The molecule has 0 spiro atoms. The molecule has 1 aromatic heterocycles. The van der Waals surface area contributed by atoms with Crippen LogP contribution in [0.15, 0.2) is 42.6 Å². The van der Waals surface area contributed by atoms with Gasteiger partial charge in [-0.15, -0.1) is 0 Å². The van der Waals surface area contributed by atoms with Crippen LogP contribution < -0.4 is 4.74 Å². The summed E-state index contributed by atoms with van der Waals surface area (Å²) >= 11 is 0. The first kappa shape index (κ1) is 30.4. The summed E-state index contributed by atoms with van der Waals surface area (Å²) in [6.07, 6.45) is 26.3. The Kier molecular flexibility index (Phi) is 14.5. The van der Waals surface area contributed by atoms with Crippen molar-refractivity contribution in [3.05, 3.63) is 48.2 Å². The Morgan fingerprint density at radius 2 is 1.34 bits per heavy atom. The van der Waals surface area contributed by atoms with Crippen molar-refractivity contribution in [2.45, 2.75) is 136 Å².